The lowest BCUT2D eigenvalue weighted by Crippen LogP contribution is -2.30. The maximum Gasteiger partial charge on any atom is 0.260 e. The number of hydrogen-bond donors (Lipinski definition) is 0. The molecule has 0 unspecified atom stereocenters. The zero-order valence-corrected chi connectivity index (χ0v) is 20.3. The van der Waals surface area contributed by atoms with E-state index in [-0.39, 0.29) is 5.91 Å². The van der Waals surface area contributed by atoms with Gasteiger partial charge in [0.2, 0.25) is 0 Å². The molecule has 0 spiro atoms. The highest BCUT2D eigenvalue weighted by atomic mass is 32.1. The number of nitrogens with zero attached hydrogens (tertiary/aromatic N) is 3. The molecule has 4 aromatic rings. The van der Waals surface area contributed by atoms with Crippen molar-refractivity contribution in [2.24, 2.45) is 0 Å². The van der Waals surface area contributed by atoms with Crippen molar-refractivity contribution < 1.29 is 19.0 Å². The Hall–Kier alpha value is -3.65. The van der Waals surface area contributed by atoms with E-state index in [0.29, 0.717) is 48.6 Å². The number of carbonyl (C=O) groups is 1. The van der Waals surface area contributed by atoms with Crippen LogP contribution in [0.2, 0.25) is 0 Å². The van der Waals surface area contributed by atoms with Gasteiger partial charge in [-0.1, -0.05) is 17.4 Å². The van der Waals surface area contributed by atoms with Gasteiger partial charge in [0.25, 0.3) is 5.91 Å². The van der Waals surface area contributed by atoms with Crippen LogP contribution in [0.25, 0.3) is 10.2 Å². The molecule has 2 heterocycles. The molecule has 0 bridgehead atoms. The van der Waals surface area contributed by atoms with E-state index in [1.54, 1.807) is 35.5 Å². The summed E-state index contributed by atoms with van der Waals surface area (Å²) in [6.45, 7) is 7.66. The van der Waals surface area contributed by atoms with E-state index in [9.17, 15) is 4.79 Å². The average Bonchev–Trinajstić information content (AvgIpc) is 3.27. The Morgan fingerprint density at radius 1 is 0.941 bits per heavy atom. The zero-order chi connectivity index (χ0) is 23.9. The monoisotopic (exact) mass is 477 g/mol. The van der Waals surface area contributed by atoms with E-state index >= 15 is 0 Å². The Morgan fingerprint density at radius 2 is 1.74 bits per heavy atom. The highest BCUT2D eigenvalue weighted by molar-refractivity contribution is 7.22. The van der Waals surface area contributed by atoms with Gasteiger partial charge in [-0.25, -0.2) is 4.98 Å². The van der Waals surface area contributed by atoms with Gasteiger partial charge in [-0.2, -0.15) is 0 Å². The molecule has 2 aromatic carbocycles. The molecule has 0 radical (unpaired) electrons. The molecule has 8 heteroatoms. The SMILES string of the molecule is CCOc1ccc2nc(N(Cc3cccnc3)C(=O)c3ccc(OCC)c(OCC)c3)sc2c1. The van der Waals surface area contributed by atoms with E-state index in [1.807, 2.05) is 51.1 Å². The van der Waals surface area contributed by atoms with Gasteiger partial charge in [-0.3, -0.25) is 14.7 Å². The lowest BCUT2D eigenvalue weighted by Gasteiger charge is -2.21. The Balaban J connectivity index is 1.73. The summed E-state index contributed by atoms with van der Waals surface area (Å²) in [4.78, 5) is 24.4. The maximum absolute atomic E-state index is 13.8. The molecule has 0 aliphatic rings. The zero-order valence-electron chi connectivity index (χ0n) is 19.5. The molecule has 34 heavy (non-hydrogen) atoms. The third-order valence-corrected chi connectivity index (χ3v) is 6.03. The van der Waals surface area contributed by atoms with E-state index in [1.165, 1.54) is 11.3 Å². The predicted octanol–water partition coefficient (Wildman–Crippen LogP) is 5.73. The van der Waals surface area contributed by atoms with Crippen molar-refractivity contribution in [3.63, 3.8) is 0 Å². The van der Waals surface area contributed by atoms with Crippen molar-refractivity contribution in [3.8, 4) is 17.2 Å². The van der Waals surface area contributed by atoms with Gasteiger partial charge in [-0.05, 0) is 68.8 Å². The minimum absolute atomic E-state index is 0.183. The molecule has 1 amide bonds. The van der Waals surface area contributed by atoms with Gasteiger partial charge in [0, 0.05) is 18.0 Å². The van der Waals surface area contributed by atoms with Crippen LogP contribution in [0.1, 0.15) is 36.7 Å². The summed E-state index contributed by atoms with van der Waals surface area (Å²) in [5.74, 6) is 1.76. The van der Waals surface area contributed by atoms with Crippen molar-refractivity contribution in [1.82, 2.24) is 9.97 Å². The predicted molar refractivity (Wildman–Crippen MR) is 134 cm³/mol. The molecular formula is C26H27N3O4S. The molecule has 0 saturated heterocycles. The number of anilines is 1. The molecule has 0 saturated carbocycles. The van der Waals surface area contributed by atoms with Crippen LogP contribution >= 0.6 is 11.3 Å². The fourth-order valence-corrected chi connectivity index (χ4v) is 4.50. The number of fused-ring (bicyclic) bond motifs is 1. The van der Waals surface area contributed by atoms with Crippen molar-refractivity contribution in [1.29, 1.82) is 0 Å². The normalized spacial score (nSPS) is 10.8. The average molecular weight is 478 g/mol. The Kier molecular flexibility index (Phi) is 7.59. The molecule has 7 nitrogen and oxygen atoms in total. The second-order valence-electron chi connectivity index (χ2n) is 7.34. The van der Waals surface area contributed by atoms with E-state index < -0.39 is 0 Å². The third kappa shape index (κ3) is 5.28. The summed E-state index contributed by atoms with van der Waals surface area (Å²) >= 11 is 1.45. The number of carbonyl (C=O) groups excluding carboxylic acids is 1. The quantitative estimate of drug-likeness (QED) is 0.290. The van der Waals surface area contributed by atoms with Crippen LogP contribution in [0.4, 0.5) is 5.13 Å². The number of hydrogen-bond acceptors (Lipinski definition) is 7. The lowest BCUT2D eigenvalue weighted by molar-refractivity contribution is 0.0984. The number of ether oxygens (including phenoxy) is 3. The Bertz CT molecular complexity index is 1260. The summed E-state index contributed by atoms with van der Waals surface area (Å²) in [7, 11) is 0. The van der Waals surface area contributed by atoms with Gasteiger partial charge in [0.05, 0.1) is 36.6 Å². The van der Waals surface area contributed by atoms with Crippen LogP contribution in [0.5, 0.6) is 17.2 Å². The molecule has 4 rings (SSSR count). The van der Waals surface area contributed by atoms with Gasteiger partial charge in [0.1, 0.15) is 5.75 Å². The second-order valence-corrected chi connectivity index (χ2v) is 8.35. The molecule has 0 aliphatic heterocycles. The fourth-order valence-electron chi connectivity index (χ4n) is 3.51. The van der Waals surface area contributed by atoms with Crippen LogP contribution in [0.15, 0.2) is 60.9 Å². The number of rotatable bonds is 10. The first-order valence-electron chi connectivity index (χ1n) is 11.3. The van der Waals surface area contributed by atoms with E-state index in [4.69, 9.17) is 19.2 Å². The van der Waals surface area contributed by atoms with Crippen LogP contribution in [0, 0.1) is 0 Å². The molecule has 176 valence electrons. The molecule has 0 fully saturated rings. The number of thiazole rings is 1. The largest absolute Gasteiger partial charge is 0.494 e. The van der Waals surface area contributed by atoms with Crippen molar-refractivity contribution in [2.75, 3.05) is 24.7 Å². The number of amides is 1. The molecule has 0 N–H and O–H groups in total. The molecular weight excluding hydrogens is 450 g/mol. The number of benzene rings is 2. The standard InChI is InChI=1S/C26H27N3O4S/c1-4-31-20-10-11-21-24(15-20)34-26(28-21)29(17-18-8-7-13-27-16-18)25(30)19-9-12-22(32-5-2)23(14-19)33-6-3/h7-16H,4-6,17H2,1-3H3. The highest BCUT2D eigenvalue weighted by Gasteiger charge is 2.23. The summed E-state index contributed by atoms with van der Waals surface area (Å²) in [5.41, 5.74) is 2.21. The van der Waals surface area contributed by atoms with Crippen molar-refractivity contribution >= 4 is 32.6 Å². The van der Waals surface area contributed by atoms with Gasteiger partial charge in [0.15, 0.2) is 16.6 Å². The first kappa shape index (κ1) is 23.5. The van der Waals surface area contributed by atoms with Gasteiger partial charge >= 0.3 is 0 Å². The first-order chi connectivity index (χ1) is 16.6. The highest BCUT2D eigenvalue weighted by Crippen LogP contribution is 2.34. The van der Waals surface area contributed by atoms with Gasteiger partial charge < -0.3 is 14.2 Å². The van der Waals surface area contributed by atoms with Crippen LogP contribution in [-0.4, -0.2) is 35.7 Å². The third-order valence-electron chi connectivity index (χ3n) is 4.99. The number of pyridine rings is 1. The second kappa shape index (κ2) is 11.0. The minimum Gasteiger partial charge on any atom is -0.494 e. The maximum atomic E-state index is 13.8. The smallest absolute Gasteiger partial charge is 0.260 e. The van der Waals surface area contributed by atoms with Gasteiger partial charge in [-0.15, -0.1) is 0 Å². The van der Waals surface area contributed by atoms with Crippen molar-refractivity contribution in [2.45, 2.75) is 27.3 Å². The Morgan fingerprint density at radius 3 is 2.47 bits per heavy atom. The van der Waals surface area contributed by atoms with E-state index in [2.05, 4.69) is 4.98 Å². The van der Waals surface area contributed by atoms with Crippen LogP contribution in [0.3, 0.4) is 0 Å². The first-order valence-corrected chi connectivity index (χ1v) is 12.1. The topological polar surface area (TPSA) is 73.8 Å². The molecule has 2 aromatic heterocycles. The summed E-state index contributed by atoms with van der Waals surface area (Å²) in [6, 6.07) is 14.8. The number of aromatic nitrogens is 2. The minimum atomic E-state index is -0.183. The summed E-state index contributed by atoms with van der Waals surface area (Å²) < 4.78 is 18.0. The van der Waals surface area contributed by atoms with E-state index in [0.717, 1.165) is 21.5 Å². The summed E-state index contributed by atoms with van der Waals surface area (Å²) in [5, 5.41) is 0.601. The fraction of sp³-hybridized carbons (Fsp3) is 0.269. The van der Waals surface area contributed by atoms with Crippen LogP contribution < -0.4 is 19.1 Å². The molecule has 0 atom stereocenters. The van der Waals surface area contributed by atoms with Crippen molar-refractivity contribution in [3.05, 3.63) is 72.1 Å². The Labute approximate surface area is 202 Å². The van der Waals surface area contributed by atoms with Crippen LogP contribution in [-0.2, 0) is 6.54 Å². The summed E-state index contributed by atoms with van der Waals surface area (Å²) in [6.07, 6.45) is 3.47. The molecule has 0 aliphatic carbocycles. The lowest BCUT2D eigenvalue weighted by atomic mass is 10.1.